The average Bonchev–Trinajstić information content (AvgIpc) is 2.08. The molecule has 0 atom stereocenters. The molecule has 2 bridgehead atoms. The van der Waals surface area contributed by atoms with Crippen LogP contribution in [-0.2, 0) is 14.2 Å². The van der Waals surface area contributed by atoms with E-state index in [-0.39, 0.29) is 0 Å². The fraction of sp³-hybridized carbons (Fsp3) is 1.00. The first-order chi connectivity index (χ1) is 4.85. The molecule has 1 N–H and O–H groups in total. The zero-order chi connectivity index (χ0) is 7.03. The Morgan fingerprint density at radius 2 is 1.70 bits per heavy atom. The summed E-state index contributed by atoms with van der Waals surface area (Å²) in [5, 5.41) is 2.84. The topological polar surface area (TPSA) is 39.7 Å². The van der Waals surface area contributed by atoms with Gasteiger partial charge in [0.25, 0.3) is 0 Å². The minimum atomic E-state index is -0.922. The summed E-state index contributed by atoms with van der Waals surface area (Å²) < 4.78 is 15.8. The van der Waals surface area contributed by atoms with Crippen molar-refractivity contribution in [3.05, 3.63) is 0 Å². The Labute approximate surface area is 59.4 Å². The van der Waals surface area contributed by atoms with E-state index < -0.39 is 6.10 Å². The molecule has 0 amide bonds. The Kier molecular flexibility index (Phi) is 1.42. The minimum Gasteiger partial charge on any atom is -0.314 e. The highest BCUT2D eigenvalue weighted by Crippen LogP contribution is 2.26. The van der Waals surface area contributed by atoms with Gasteiger partial charge in [0.05, 0.1) is 19.8 Å². The number of fused-ring (bicyclic) bond motifs is 3. The van der Waals surface area contributed by atoms with Gasteiger partial charge < -0.3 is 14.2 Å². The first-order valence-corrected chi connectivity index (χ1v) is 3.45. The quantitative estimate of drug-likeness (QED) is 0.540. The number of rotatable bonds is 1. The molecule has 0 spiro atoms. The van der Waals surface area contributed by atoms with E-state index in [1.54, 1.807) is 7.05 Å². The Morgan fingerprint density at radius 3 is 2.00 bits per heavy atom. The van der Waals surface area contributed by atoms with Gasteiger partial charge in [-0.25, -0.2) is 5.32 Å². The van der Waals surface area contributed by atoms with Crippen molar-refractivity contribution in [1.82, 2.24) is 5.32 Å². The van der Waals surface area contributed by atoms with Gasteiger partial charge in [0.1, 0.15) is 0 Å². The number of ether oxygens (including phenoxy) is 3. The van der Waals surface area contributed by atoms with Crippen molar-refractivity contribution in [3.63, 3.8) is 0 Å². The first-order valence-electron chi connectivity index (χ1n) is 3.45. The molecule has 4 heteroatoms. The molecule has 0 aromatic carbocycles. The van der Waals surface area contributed by atoms with Crippen LogP contribution < -0.4 is 5.32 Å². The van der Waals surface area contributed by atoms with Gasteiger partial charge in [-0.2, -0.15) is 0 Å². The van der Waals surface area contributed by atoms with E-state index in [0.717, 1.165) is 19.8 Å². The molecule has 0 unspecified atom stereocenters. The van der Waals surface area contributed by atoms with Crippen LogP contribution in [0.15, 0.2) is 0 Å². The standard InChI is InChI=1S/C6H11NO3/c1-7-6-8-2-5(3-9-6)4-10-6/h5,7H,2-4H2,1H3. The molecule has 0 aromatic rings. The van der Waals surface area contributed by atoms with Crippen molar-refractivity contribution < 1.29 is 14.2 Å². The second-order valence-corrected chi connectivity index (χ2v) is 2.61. The van der Waals surface area contributed by atoms with Crippen LogP contribution in [0.4, 0.5) is 0 Å². The van der Waals surface area contributed by atoms with Gasteiger partial charge in [-0.1, -0.05) is 0 Å². The highest BCUT2D eigenvalue weighted by atomic mass is 16.9. The van der Waals surface area contributed by atoms with E-state index >= 15 is 0 Å². The Balaban J connectivity index is 2.08. The molecule has 58 valence electrons. The van der Waals surface area contributed by atoms with Crippen molar-refractivity contribution in [2.75, 3.05) is 26.9 Å². The molecule has 3 heterocycles. The third-order valence-corrected chi connectivity index (χ3v) is 1.83. The van der Waals surface area contributed by atoms with Crippen LogP contribution in [-0.4, -0.2) is 33.0 Å². The summed E-state index contributed by atoms with van der Waals surface area (Å²) in [6.07, 6.45) is -0.922. The van der Waals surface area contributed by atoms with Gasteiger partial charge >= 0.3 is 6.10 Å². The van der Waals surface area contributed by atoms with Crippen molar-refractivity contribution in [2.24, 2.45) is 5.92 Å². The largest absolute Gasteiger partial charge is 0.350 e. The molecule has 10 heavy (non-hydrogen) atoms. The predicted octanol–water partition coefficient (Wildman–Crippen LogP) is -0.490. The van der Waals surface area contributed by atoms with E-state index in [1.807, 2.05) is 0 Å². The van der Waals surface area contributed by atoms with E-state index in [4.69, 9.17) is 14.2 Å². The summed E-state index contributed by atoms with van der Waals surface area (Å²) in [5.74, 6) is 0.426. The van der Waals surface area contributed by atoms with E-state index in [1.165, 1.54) is 0 Å². The molecule has 3 fully saturated rings. The van der Waals surface area contributed by atoms with Crippen molar-refractivity contribution in [3.8, 4) is 0 Å². The van der Waals surface area contributed by atoms with Gasteiger partial charge in [-0.15, -0.1) is 0 Å². The first kappa shape index (κ1) is 6.54. The molecule has 0 aliphatic carbocycles. The fourth-order valence-corrected chi connectivity index (χ4v) is 1.17. The fourth-order valence-electron chi connectivity index (χ4n) is 1.17. The van der Waals surface area contributed by atoms with Crippen LogP contribution in [0, 0.1) is 5.92 Å². The van der Waals surface area contributed by atoms with Crippen LogP contribution in [0.1, 0.15) is 0 Å². The van der Waals surface area contributed by atoms with Crippen LogP contribution in [0.2, 0.25) is 0 Å². The van der Waals surface area contributed by atoms with Crippen LogP contribution >= 0.6 is 0 Å². The second kappa shape index (κ2) is 2.17. The molecule has 3 aliphatic rings. The molecular weight excluding hydrogens is 134 g/mol. The molecule has 0 radical (unpaired) electrons. The summed E-state index contributed by atoms with van der Waals surface area (Å²) >= 11 is 0. The van der Waals surface area contributed by atoms with Gasteiger partial charge in [-0.3, -0.25) is 0 Å². The van der Waals surface area contributed by atoms with Gasteiger partial charge in [0, 0.05) is 5.92 Å². The summed E-state index contributed by atoms with van der Waals surface area (Å²) in [6.45, 7) is 2.21. The average molecular weight is 145 g/mol. The summed E-state index contributed by atoms with van der Waals surface area (Å²) in [5.41, 5.74) is 0. The number of hydrogen-bond donors (Lipinski definition) is 1. The summed E-state index contributed by atoms with van der Waals surface area (Å²) in [6, 6.07) is 0. The normalized spacial score (nSPS) is 45.9. The predicted molar refractivity (Wildman–Crippen MR) is 33.1 cm³/mol. The highest BCUT2D eigenvalue weighted by molar-refractivity contribution is 4.71. The molecule has 3 rings (SSSR count). The third-order valence-electron chi connectivity index (χ3n) is 1.83. The Bertz CT molecular complexity index is 117. The Hall–Kier alpha value is -0.160. The maximum Gasteiger partial charge on any atom is 0.350 e. The maximum absolute atomic E-state index is 5.26. The maximum atomic E-state index is 5.26. The van der Waals surface area contributed by atoms with Gasteiger partial charge in [-0.05, 0) is 7.05 Å². The Morgan fingerprint density at radius 1 is 1.20 bits per heavy atom. The molecule has 0 saturated carbocycles. The van der Waals surface area contributed by atoms with Crippen LogP contribution in [0.25, 0.3) is 0 Å². The van der Waals surface area contributed by atoms with Gasteiger partial charge in [0.2, 0.25) is 0 Å². The molecule has 0 aromatic heterocycles. The van der Waals surface area contributed by atoms with Crippen molar-refractivity contribution in [1.29, 1.82) is 0 Å². The zero-order valence-corrected chi connectivity index (χ0v) is 5.92. The van der Waals surface area contributed by atoms with Crippen LogP contribution in [0.3, 0.4) is 0 Å². The highest BCUT2D eigenvalue weighted by Gasteiger charge is 2.43. The summed E-state index contributed by atoms with van der Waals surface area (Å²) in [7, 11) is 1.76. The third kappa shape index (κ3) is 0.845. The lowest BCUT2D eigenvalue weighted by Crippen LogP contribution is -2.60. The monoisotopic (exact) mass is 145 g/mol. The second-order valence-electron chi connectivity index (χ2n) is 2.61. The van der Waals surface area contributed by atoms with Crippen LogP contribution in [0.5, 0.6) is 0 Å². The minimum absolute atomic E-state index is 0.426. The lowest BCUT2D eigenvalue weighted by Gasteiger charge is -2.44. The van der Waals surface area contributed by atoms with E-state index in [2.05, 4.69) is 5.32 Å². The van der Waals surface area contributed by atoms with Crippen molar-refractivity contribution in [2.45, 2.75) is 6.10 Å². The lowest BCUT2D eigenvalue weighted by molar-refractivity contribution is -0.459. The summed E-state index contributed by atoms with van der Waals surface area (Å²) in [4.78, 5) is 0. The number of nitrogens with one attached hydrogen (secondary N) is 1. The number of hydrogen-bond acceptors (Lipinski definition) is 4. The molecule has 3 saturated heterocycles. The molecule has 4 nitrogen and oxygen atoms in total. The lowest BCUT2D eigenvalue weighted by atomic mass is 10.1. The van der Waals surface area contributed by atoms with E-state index in [9.17, 15) is 0 Å². The SMILES string of the molecule is CNC12OCC(CO1)CO2. The van der Waals surface area contributed by atoms with Crippen molar-refractivity contribution >= 4 is 0 Å². The smallest absolute Gasteiger partial charge is 0.314 e. The van der Waals surface area contributed by atoms with Gasteiger partial charge in [0.15, 0.2) is 0 Å². The van der Waals surface area contributed by atoms with E-state index in [0.29, 0.717) is 5.92 Å². The molecular formula is C6H11NO3. The zero-order valence-electron chi connectivity index (χ0n) is 5.92. The molecule has 3 aliphatic heterocycles.